The van der Waals surface area contributed by atoms with Crippen molar-refractivity contribution < 1.29 is 0 Å². The topological polar surface area (TPSA) is 12.0 Å². The highest BCUT2D eigenvalue weighted by Gasteiger charge is 1.86. The van der Waals surface area contributed by atoms with Gasteiger partial charge in [0.05, 0.1) is 6.54 Å². The van der Waals surface area contributed by atoms with Gasteiger partial charge in [-0.05, 0) is 25.2 Å². The first kappa shape index (κ1) is 9.18. The van der Waals surface area contributed by atoms with Gasteiger partial charge in [-0.1, -0.05) is 17.9 Å². The van der Waals surface area contributed by atoms with Gasteiger partial charge < -0.3 is 5.32 Å². The molecule has 0 aromatic heterocycles. The van der Waals surface area contributed by atoms with E-state index >= 15 is 0 Å². The fourth-order valence-corrected chi connectivity index (χ4v) is 1.04. The Bertz CT molecular complexity index is 309. The van der Waals surface area contributed by atoms with Crippen molar-refractivity contribution in [2.75, 3.05) is 13.6 Å². The molecule has 12 heavy (non-hydrogen) atoms. The number of hydrogen-bond acceptors (Lipinski definition) is 2. The Hall–Kier alpha value is -0.910. The van der Waals surface area contributed by atoms with E-state index in [4.69, 9.17) is 0 Å². The molecule has 0 saturated carbocycles. The van der Waals surface area contributed by atoms with Gasteiger partial charge in [-0.2, -0.15) is 0 Å². The molecule has 0 radical (unpaired) electrons. The molecule has 1 nitrogen and oxygen atoms in total. The van der Waals surface area contributed by atoms with Crippen LogP contribution in [0.4, 0.5) is 0 Å². The van der Waals surface area contributed by atoms with Crippen LogP contribution in [0.15, 0.2) is 29.2 Å². The zero-order valence-corrected chi connectivity index (χ0v) is 7.86. The molecule has 1 rings (SSSR count). The molecule has 1 N–H and O–H groups in total. The van der Waals surface area contributed by atoms with Gasteiger partial charge in [-0.25, -0.2) is 0 Å². The van der Waals surface area contributed by atoms with Crippen molar-refractivity contribution in [1.82, 2.24) is 5.32 Å². The monoisotopic (exact) mass is 177 g/mol. The van der Waals surface area contributed by atoms with E-state index in [1.54, 1.807) is 0 Å². The van der Waals surface area contributed by atoms with Crippen LogP contribution in [0.3, 0.4) is 0 Å². The van der Waals surface area contributed by atoms with Gasteiger partial charge in [0.25, 0.3) is 0 Å². The molecule has 0 bridgehead atoms. The molecule has 1 aromatic carbocycles. The van der Waals surface area contributed by atoms with E-state index in [0.717, 1.165) is 17.0 Å². The van der Waals surface area contributed by atoms with Crippen molar-refractivity contribution in [3.8, 4) is 11.8 Å². The number of thiol groups is 1. The van der Waals surface area contributed by atoms with Crippen LogP contribution >= 0.6 is 12.6 Å². The molecular weight excluding hydrogens is 166 g/mol. The third kappa shape index (κ3) is 3.00. The summed E-state index contributed by atoms with van der Waals surface area (Å²) in [4.78, 5) is 0.950. The average molecular weight is 177 g/mol. The molecule has 0 aliphatic rings. The van der Waals surface area contributed by atoms with Gasteiger partial charge in [0.2, 0.25) is 0 Å². The fourth-order valence-electron chi connectivity index (χ4n) is 0.818. The van der Waals surface area contributed by atoms with Crippen molar-refractivity contribution in [3.63, 3.8) is 0 Å². The zero-order chi connectivity index (χ0) is 8.81. The third-order valence-corrected chi connectivity index (χ3v) is 1.62. The van der Waals surface area contributed by atoms with Crippen LogP contribution in [-0.4, -0.2) is 13.6 Å². The summed E-state index contributed by atoms with van der Waals surface area (Å²) < 4.78 is 0. The van der Waals surface area contributed by atoms with Crippen LogP contribution in [-0.2, 0) is 0 Å². The smallest absolute Gasteiger partial charge is 0.0577 e. The molecule has 1 aromatic rings. The molecule has 0 aliphatic heterocycles. The average Bonchev–Trinajstić information content (AvgIpc) is 2.05. The van der Waals surface area contributed by atoms with Crippen LogP contribution in [0.25, 0.3) is 0 Å². The molecule has 62 valence electrons. The molecule has 2 heteroatoms. The van der Waals surface area contributed by atoms with Crippen molar-refractivity contribution in [1.29, 1.82) is 0 Å². The lowest BCUT2D eigenvalue weighted by Gasteiger charge is -1.91. The van der Waals surface area contributed by atoms with Crippen molar-refractivity contribution >= 4 is 12.6 Å². The molecule has 0 atom stereocenters. The van der Waals surface area contributed by atoms with Gasteiger partial charge in [0.15, 0.2) is 0 Å². The second-order valence-electron chi connectivity index (χ2n) is 2.38. The van der Waals surface area contributed by atoms with Crippen molar-refractivity contribution in [2.45, 2.75) is 4.90 Å². The van der Waals surface area contributed by atoms with Gasteiger partial charge >= 0.3 is 0 Å². The third-order valence-electron chi connectivity index (χ3n) is 1.34. The molecule has 0 spiro atoms. The summed E-state index contributed by atoms with van der Waals surface area (Å²) >= 11 is 4.22. The second-order valence-corrected chi connectivity index (χ2v) is 2.90. The highest BCUT2D eigenvalue weighted by atomic mass is 32.1. The summed E-state index contributed by atoms with van der Waals surface area (Å²) in [5.41, 5.74) is 1.01. The van der Waals surface area contributed by atoms with Crippen LogP contribution in [0.5, 0.6) is 0 Å². The first-order valence-electron chi connectivity index (χ1n) is 3.75. The lowest BCUT2D eigenvalue weighted by Crippen LogP contribution is -2.04. The van der Waals surface area contributed by atoms with Gasteiger partial charge in [-0.15, -0.1) is 12.6 Å². The quantitative estimate of drug-likeness (QED) is 0.490. The van der Waals surface area contributed by atoms with E-state index in [-0.39, 0.29) is 0 Å². The number of hydrogen-bond donors (Lipinski definition) is 2. The maximum atomic E-state index is 4.22. The standard InChI is InChI=1S/C10H11NS/c1-11-7-3-5-9-4-2-6-10(12)8-9/h2,4,6,8,11-12H,7H2,1H3. The van der Waals surface area contributed by atoms with Crippen LogP contribution in [0, 0.1) is 11.8 Å². The van der Waals surface area contributed by atoms with Crippen LogP contribution in [0.2, 0.25) is 0 Å². The molecule has 0 aliphatic carbocycles. The number of benzene rings is 1. The van der Waals surface area contributed by atoms with Gasteiger partial charge in [0.1, 0.15) is 0 Å². The summed E-state index contributed by atoms with van der Waals surface area (Å²) in [6, 6.07) is 7.81. The molecule has 0 amide bonds. The summed E-state index contributed by atoms with van der Waals surface area (Å²) in [6.07, 6.45) is 0. The zero-order valence-electron chi connectivity index (χ0n) is 6.96. The highest BCUT2D eigenvalue weighted by Crippen LogP contribution is 2.06. The Morgan fingerprint density at radius 3 is 3.00 bits per heavy atom. The minimum absolute atomic E-state index is 0.719. The summed E-state index contributed by atoms with van der Waals surface area (Å²) in [7, 11) is 1.88. The predicted octanol–water partition coefficient (Wildman–Crippen LogP) is 1.55. The van der Waals surface area contributed by atoms with E-state index < -0.39 is 0 Å². The van der Waals surface area contributed by atoms with E-state index in [0.29, 0.717) is 0 Å². The largest absolute Gasteiger partial charge is 0.309 e. The maximum absolute atomic E-state index is 4.22. The van der Waals surface area contributed by atoms with Crippen molar-refractivity contribution in [3.05, 3.63) is 29.8 Å². The Morgan fingerprint density at radius 1 is 1.50 bits per heavy atom. The van der Waals surface area contributed by atoms with Crippen LogP contribution in [0.1, 0.15) is 5.56 Å². The Kier molecular flexibility index (Phi) is 3.72. The molecule has 0 heterocycles. The highest BCUT2D eigenvalue weighted by molar-refractivity contribution is 7.80. The lowest BCUT2D eigenvalue weighted by atomic mass is 10.2. The van der Waals surface area contributed by atoms with Gasteiger partial charge in [-0.3, -0.25) is 0 Å². The minimum atomic E-state index is 0.719. The second kappa shape index (κ2) is 4.87. The Labute approximate surface area is 78.6 Å². The predicted molar refractivity (Wildman–Crippen MR) is 54.5 cm³/mol. The minimum Gasteiger partial charge on any atom is -0.309 e. The molecule has 0 unspecified atom stereocenters. The lowest BCUT2D eigenvalue weighted by molar-refractivity contribution is 0.938. The van der Waals surface area contributed by atoms with Crippen molar-refractivity contribution in [2.24, 2.45) is 0 Å². The normalized spacial score (nSPS) is 8.83. The number of rotatable bonds is 1. The molecule has 0 fully saturated rings. The molecule has 0 saturated heterocycles. The van der Waals surface area contributed by atoms with Crippen LogP contribution < -0.4 is 5.32 Å². The SMILES string of the molecule is CNCC#Cc1cccc(S)c1. The maximum Gasteiger partial charge on any atom is 0.0577 e. The first-order chi connectivity index (χ1) is 5.83. The fraction of sp³-hybridized carbons (Fsp3) is 0.200. The summed E-state index contributed by atoms with van der Waals surface area (Å²) in [5.74, 6) is 6.01. The van der Waals surface area contributed by atoms with Gasteiger partial charge in [0, 0.05) is 10.5 Å². The van der Waals surface area contributed by atoms with E-state index in [1.165, 1.54) is 0 Å². The first-order valence-corrected chi connectivity index (χ1v) is 4.20. The Balaban J connectivity index is 2.71. The van der Waals surface area contributed by atoms with E-state index in [9.17, 15) is 0 Å². The summed E-state index contributed by atoms with van der Waals surface area (Å²) in [5, 5.41) is 2.96. The summed E-state index contributed by atoms with van der Waals surface area (Å²) in [6.45, 7) is 0.719. The molecular formula is C10H11NS. The number of nitrogens with one attached hydrogen (secondary N) is 1. The van der Waals surface area contributed by atoms with E-state index in [2.05, 4.69) is 29.8 Å². The Morgan fingerprint density at radius 2 is 2.33 bits per heavy atom. The van der Waals surface area contributed by atoms with E-state index in [1.807, 2.05) is 31.3 Å².